The molecule has 1 aromatic heterocycles. The summed E-state index contributed by atoms with van der Waals surface area (Å²) in [4.78, 5) is 39.3. The number of halogens is 2. The Balaban J connectivity index is 1.87. The molecule has 9 heteroatoms. The Morgan fingerprint density at radius 3 is 2.64 bits per heavy atom. The van der Waals surface area contributed by atoms with Gasteiger partial charge in [-0.2, -0.15) is 0 Å². The summed E-state index contributed by atoms with van der Waals surface area (Å²) in [5.41, 5.74) is -1.10. The minimum atomic E-state index is -0.676. The van der Waals surface area contributed by atoms with Crippen molar-refractivity contribution in [1.29, 1.82) is 0 Å². The highest BCUT2D eigenvalue weighted by molar-refractivity contribution is 6.35. The van der Waals surface area contributed by atoms with Crippen molar-refractivity contribution in [3.05, 3.63) is 60.8 Å². The molecule has 0 aliphatic carbocycles. The molecule has 0 radical (unpaired) electrons. The smallest absolute Gasteiger partial charge is 0.328 e. The molecule has 3 rings (SSSR count). The molecular formula is C16H15Cl2N3O4. The third kappa shape index (κ3) is 4.12. The lowest BCUT2D eigenvalue weighted by Gasteiger charge is -2.12. The van der Waals surface area contributed by atoms with E-state index in [1.165, 1.54) is 18.2 Å². The molecule has 132 valence electrons. The number of carbonyl (C=O) groups is 1. The molecule has 25 heavy (non-hydrogen) atoms. The number of hydrogen-bond donors (Lipinski definition) is 2. The van der Waals surface area contributed by atoms with Crippen LogP contribution in [0.2, 0.25) is 10.0 Å². The lowest BCUT2D eigenvalue weighted by Crippen LogP contribution is -2.41. The molecule has 7 nitrogen and oxygen atoms in total. The predicted molar refractivity (Wildman–Crippen MR) is 94.7 cm³/mol. The molecule has 2 aromatic rings. The number of amides is 1. The van der Waals surface area contributed by atoms with Crippen molar-refractivity contribution in [3.8, 4) is 0 Å². The van der Waals surface area contributed by atoms with Crippen LogP contribution in [0.5, 0.6) is 0 Å². The number of ether oxygens (including phenoxy) is 1. The fraction of sp³-hybridized carbons (Fsp3) is 0.312. The Morgan fingerprint density at radius 2 is 2.00 bits per heavy atom. The topological polar surface area (TPSA) is 93.2 Å². The second-order valence-electron chi connectivity index (χ2n) is 5.67. The van der Waals surface area contributed by atoms with E-state index >= 15 is 0 Å². The minimum Gasteiger partial charge on any atom is -0.376 e. The molecule has 2 N–H and O–H groups in total. The van der Waals surface area contributed by atoms with Crippen LogP contribution in [0.3, 0.4) is 0 Å². The summed E-state index contributed by atoms with van der Waals surface area (Å²) >= 11 is 11.8. The van der Waals surface area contributed by atoms with Gasteiger partial charge < -0.3 is 15.0 Å². The standard InChI is InChI=1S/C16H15Cl2N3O4/c17-9-4-10(18)6-11(5-9)20-14(22)13-7-19-16(24)21(15(13)23)8-12-2-1-3-25-12/h4-7,12H,1-3,8H2,(H,19,24)(H,20,22). The Morgan fingerprint density at radius 1 is 1.28 bits per heavy atom. The number of anilines is 1. The van der Waals surface area contributed by atoms with Crippen molar-refractivity contribution in [2.75, 3.05) is 11.9 Å². The number of nitrogens with one attached hydrogen (secondary N) is 2. The van der Waals surface area contributed by atoms with E-state index in [1.807, 2.05) is 0 Å². The number of carbonyl (C=O) groups excluding carboxylic acids is 1. The second kappa shape index (κ2) is 7.43. The van der Waals surface area contributed by atoms with Crippen LogP contribution in [0.1, 0.15) is 23.2 Å². The van der Waals surface area contributed by atoms with Crippen LogP contribution in [0.15, 0.2) is 34.0 Å². The largest absolute Gasteiger partial charge is 0.376 e. The summed E-state index contributed by atoms with van der Waals surface area (Å²) in [5.74, 6) is -0.666. The number of benzene rings is 1. The Labute approximate surface area is 152 Å². The van der Waals surface area contributed by atoms with E-state index in [2.05, 4.69) is 10.3 Å². The SMILES string of the molecule is O=C(Nc1cc(Cl)cc(Cl)c1)c1c[nH]c(=O)n(CC2CCCO2)c1=O. The van der Waals surface area contributed by atoms with Crippen molar-refractivity contribution < 1.29 is 9.53 Å². The first kappa shape index (κ1) is 17.7. The Kier molecular flexibility index (Phi) is 5.27. The molecule has 1 saturated heterocycles. The van der Waals surface area contributed by atoms with Crippen molar-refractivity contribution in [3.63, 3.8) is 0 Å². The van der Waals surface area contributed by atoms with Crippen LogP contribution in [0.25, 0.3) is 0 Å². The second-order valence-corrected chi connectivity index (χ2v) is 6.54. The van der Waals surface area contributed by atoms with E-state index in [0.29, 0.717) is 22.3 Å². The van der Waals surface area contributed by atoms with Crippen molar-refractivity contribution in [2.24, 2.45) is 0 Å². The zero-order valence-corrected chi connectivity index (χ0v) is 14.6. The molecule has 1 aliphatic heterocycles. The normalized spacial score (nSPS) is 16.8. The number of aromatic nitrogens is 2. The molecule has 1 atom stereocenters. The van der Waals surface area contributed by atoms with E-state index in [4.69, 9.17) is 27.9 Å². The lowest BCUT2D eigenvalue weighted by atomic mass is 10.2. The highest BCUT2D eigenvalue weighted by Gasteiger charge is 2.21. The van der Waals surface area contributed by atoms with Gasteiger partial charge >= 0.3 is 5.69 Å². The number of H-pyrrole nitrogens is 1. The number of nitrogens with zero attached hydrogens (tertiary/aromatic N) is 1. The number of rotatable bonds is 4. The van der Waals surface area contributed by atoms with E-state index in [9.17, 15) is 14.4 Å². The van der Waals surface area contributed by atoms with Crippen LogP contribution < -0.4 is 16.6 Å². The van der Waals surface area contributed by atoms with Gasteiger partial charge in [-0.25, -0.2) is 4.79 Å². The van der Waals surface area contributed by atoms with Crippen LogP contribution >= 0.6 is 23.2 Å². The Bertz CT molecular complexity index is 896. The average molecular weight is 384 g/mol. The molecule has 0 saturated carbocycles. The van der Waals surface area contributed by atoms with Gasteiger partial charge in [-0.3, -0.25) is 14.2 Å². The first-order chi connectivity index (χ1) is 11.9. The van der Waals surface area contributed by atoms with Gasteiger partial charge in [-0.05, 0) is 31.0 Å². The zero-order valence-electron chi connectivity index (χ0n) is 13.1. The Hall–Kier alpha value is -2.09. The first-order valence-corrected chi connectivity index (χ1v) is 8.41. The van der Waals surface area contributed by atoms with E-state index in [0.717, 1.165) is 23.6 Å². The predicted octanol–water partition coefficient (Wildman–Crippen LogP) is 2.27. The van der Waals surface area contributed by atoms with E-state index < -0.39 is 17.2 Å². The van der Waals surface area contributed by atoms with Crippen molar-refractivity contribution >= 4 is 34.8 Å². The van der Waals surface area contributed by atoms with Gasteiger partial charge in [0.1, 0.15) is 5.56 Å². The van der Waals surface area contributed by atoms with E-state index in [-0.39, 0.29) is 18.2 Å². The molecule has 1 amide bonds. The molecule has 1 aromatic carbocycles. The van der Waals surface area contributed by atoms with Gasteiger partial charge in [0.05, 0.1) is 12.6 Å². The molecule has 0 bridgehead atoms. The summed E-state index contributed by atoms with van der Waals surface area (Å²) in [6.07, 6.45) is 2.54. The number of hydrogen-bond acceptors (Lipinski definition) is 4. The van der Waals surface area contributed by atoms with Crippen molar-refractivity contribution in [2.45, 2.75) is 25.5 Å². The van der Waals surface area contributed by atoms with Crippen LogP contribution in [-0.2, 0) is 11.3 Å². The van der Waals surface area contributed by atoms with Gasteiger partial charge in [0.25, 0.3) is 11.5 Å². The third-order valence-corrected chi connectivity index (χ3v) is 4.27. The van der Waals surface area contributed by atoms with Gasteiger partial charge in [0.2, 0.25) is 0 Å². The van der Waals surface area contributed by atoms with Crippen molar-refractivity contribution in [1.82, 2.24) is 9.55 Å². The van der Waals surface area contributed by atoms with Gasteiger partial charge in [0.15, 0.2) is 0 Å². The quantitative estimate of drug-likeness (QED) is 0.846. The molecular weight excluding hydrogens is 369 g/mol. The summed E-state index contributed by atoms with van der Waals surface area (Å²) < 4.78 is 6.43. The van der Waals surface area contributed by atoms with Crippen LogP contribution in [0.4, 0.5) is 5.69 Å². The fourth-order valence-electron chi connectivity index (χ4n) is 2.66. The van der Waals surface area contributed by atoms with Crippen LogP contribution in [0, 0.1) is 0 Å². The molecule has 1 aliphatic rings. The zero-order chi connectivity index (χ0) is 18.0. The molecule has 0 spiro atoms. The fourth-order valence-corrected chi connectivity index (χ4v) is 3.18. The highest BCUT2D eigenvalue weighted by atomic mass is 35.5. The maximum Gasteiger partial charge on any atom is 0.328 e. The summed E-state index contributed by atoms with van der Waals surface area (Å²) in [6.45, 7) is 0.714. The van der Waals surface area contributed by atoms with Gasteiger partial charge in [0, 0.05) is 28.5 Å². The lowest BCUT2D eigenvalue weighted by molar-refractivity contribution is 0.0941. The average Bonchev–Trinajstić information content (AvgIpc) is 3.03. The number of aromatic amines is 1. The van der Waals surface area contributed by atoms with E-state index in [1.54, 1.807) is 0 Å². The summed E-state index contributed by atoms with van der Waals surface area (Å²) in [6, 6.07) is 4.52. The maximum atomic E-state index is 12.5. The molecule has 2 heterocycles. The summed E-state index contributed by atoms with van der Waals surface area (Å²) in [5, 5.41) is 3.24. The molecule has 1 fully saturated rings. The van der Waals surface area contributed by atoms with Crippen LogP contribution in [-0.4, -0.2) is 28.2 Å². The highest BCUT2D eigenvalue weighted by Crippen LogP contribution is 2.22. The first-order valence-electron chi connectivity index (χ1n) is 7.65. The third-order valence-electron chi connectivity index (χ3n) is 3.84. The minimum absolute atomic E-state index is 0.109. The van der Waals surface area contributed by atoms with Gasteiger partial charge in [-0.15, -0.1) is 0 Å². The monoisotopic (exact) mass is 383 g/mol. The molecule has 1 unspecified atom stereocenters. The summed E-state index contributed by atoms with van der Waals surface area (Å²) in [7, 11) is 0. The van der Waals surface area contributed by atoms with Gasteiger partial charge in [-0.1, -0.05) is 23.2 Å². The maximum absolute atomic E-state index is 12.5.